The van der Waals surface area contributed by atoms with E-state index in [0.717, 1.165) is 16.8 Å². The van der Waals surface area contributed by atoms with Gasteiger partial charge in [-0.2, -0.15) is 0 Å². The number of likely N-dealkylation sites (N-methyl/N-ethyl adjacent to an activating group) is 1. The van der Waals surface area contributed by atoms with Crippen LogP contribution < -0.4 is 5.43 Å². The summed E-state index contributed by atoms with van der Waals surface area (Å²) in [7, 11) is 1.71. The highest BCUT2D eigenvalue weighted by molar-refractivity contribution is 5.93. The molecule has 0 radical (unpaired) electrons. The van der Waals surface area contributed by atoms with Crippen LogP contribution in [-0.2, 0) is 6.42 Å². The molecular weight excluding hydrogens is 328 g/mol. The first kappa shape index (κ1) is 17.9. The van der Waals surface area contributed by atoms with Gasteiger partial charge in [-0.05, 0) is 56.2 Å². The average molecular weight is 350 g/mol. The molecule has 0 N–H and O–H groups in total. The summed E-state index contributed by atoms with van der Waals surface area (Å²) in [6.45, 7) is 5.84. The van der Waals surface area contributed by atoms with Crippen molar-refractivity contribution >= 4 is 16.9 Å². The molecule has 3 rings (SSSR count). The molecule has 0 aliphatic carbocycles. The molecule has 1 amide bonds. The Kier molecular flexibility index (Phi) is 4.89. The molecule has 0 aliphatic rings. The summed E-state index contributed by atoms with van der Waals surface area (Å²) >= 11 is 0. The molecule has 5 heteroatoms. The summed E-state index contributed by atoms with van der Waals surface area (Å²) in [6.07, 6.45) is 2.36. The zero-order valence-corrected chi connectivity index (χ0v) is 15.4. The number of hydrogen-bond donors (Lipinski definition) is 0. The fourth-order valence-electron chi connectivity index (χ4n) is 2.85. The smallest absolute Gasteiger partial charge is 0.289 e. The van der Waals surface area contributed by atoms with Gasteiger partial charge in [0.25, 0.3) is 5.91 Å². The summed E-state index contributed by atoms with van der Waals surface area (Å²) in [5, 5.41) is 0.494. The molecule has 3 aromatic rings. The minimum Gasteiger partial charge on any atom is -0.451 e. The first-order valence-electron chi connectivity index (χ1n) is 8.59. The van der Waals surface area contributed by atoms with Gasteiger partial charge in [0.2, 0.25) is 0 Å². The Balaban J connectivity index is 1.89. The number of rotatable bonds is 4. The zero-order chi connectivity index (χ0) is 18.8. The minimum atomic E-state index is -0.314. The molecule has 0 unspecified atom stereocenters. The predicted octanol–water partition coefficient (Wildman–Crippen LogP) is 3.51. The van der Waals surface area contributed by atoms with E-state index in [1.165, 1.54) is 6.07 Å². The van der Waals surface area contributed by atoms with Crippen LogP contribution in [0.3, 0.4) is 0 Å². The quantitative estimate of drug-likeness (QED) is 0.722. The Labute approximate surface area is 152 Å². The molecule has 0 fully saturated rings. The van der Waals surface area contributed by atoms with Gasteiger partial charge in [-0.1, -0.05) is 6.07 Å². The maximum absolute atomic E-state index is 12.8. The van der Waals surface area contributed by atoms with Crippen LogP contribution in [0.25, 0.3) is 11.0 Å². The Bertz CT molecular complexity index is 1010. The fraction of sp³-hybridized carbons (Fsp3) is 0.286. The first-order chi connectivity index (χ1) is 12.4. The Morgan fingerprint density at radius 2 is 1.92 bits per heavy atom. The maximum atomic E-state index is 12.8. The normalized spacial score (nSPS) is 12.2. The van der Waals surface area contributed by atoms with Crippen LogP contribution in [0.15, 0.2) is 51.8 Å². The number of carbonyl (C=O) groups is 1. The third-order valence-electron chi connectivity index (χ3n) is 4.77. The Morgan fingerprint density at radius 3 is 2.62 bits per heavy atom. The predicted molar refractivity (Wildman–Crippen MR) is 101 cm³/mol. The van der Waals surface area contributed by atoms with Gasteiger partial charge in [0.1, 0.15) is 5.58 Å². The number of amides is 1. The average Bonchev–Trinajstić information content (AvgIpc) is 2.62. The molecule has 1 aromatic carbocycles. The van der Waals surface area contributed by atoms with Crippen LogP contribution >= 0.6 is 0 Å². The van der Waals surface area contributed by atoms with E-state index in [9.17, 15) is 9.59 Å². The third kappa shape index (κ3) is 3.52. The molecule has 0 aliphatic heterocycles. The van der Waals surface area contributed by atoms with Crippen molar-refractivity contribution in [3.63, 3.8) is 0 Å². The zero-order valence-electron chi connectivity index (χ0n) is 15.4. The van der Waals surface area contributed by atoms with Gasteiger partial charge in [0.05, 0.1) is 5.39 Å². The number of benzene rings is 1. The van der Waals surface area contributed by atoms with Gasteiger partial charge < -0.3 is 9.32 Å². The highest BCUT2D eigenvalue weighted by Gasteiger charge is 2.21. The first-order valence-corrected chi connectivity index (χ1v) is 8.59. The van der Waals surface area contributed by atoms with Crippen molar-refractivity contribution in [3.05, 3.63) is 75.4 Å². The second-order valence-corrected chi connectivity index (χ2v) is 6.70. The van der Waals surface area contributed by atoms with Gasteiger partial charge in [-0.25, -0.2) is 0 Å². The van der Waals surface area contributed by atoms with E-state index in [4.69, 9.17) is 4.42 Å². The molecule has 0 saturated heterocycles. The van der Waals surface area contributed by atoms with E-state index >= 15 is 0 Å². The minimum absolute atomic E-state index is 0.0566. The lowest BCUT2D eigenvalue weighted by Gasteiger charge is -2.24. The molecule has 2 heterocycles. The summed E-state index contributed by atoms with van der Waals surface area (Å²) in [5.74, 6) is -0.258. The van der Waals surface area contributed by atoms with E-state index in [0.29, 0.717) is 17.4 Å². The monoisotopic (exact) mass is 350 g/mol. The number of fused-ring (bicyclic) bond motifs is 1. The molecule has 0 bridgehead atoms. The van der Waals surface area contributed by atoms with Crippen LogP contribution in [0.4, 0.5) is 0 Å². The highest BCUT2D eigenvalue weighted by Crippen LogP contribution is 2.19. The highest BCUT2D eigenvalue weighted by atomic mass is 16.3. The molecular formula is C21H22N2O3. The van der Waals surface area contributed by atoms with E-state index < -0.39 is 0 Å². The van der Waals surface area contributed by atoms with Crippen LogP contribution in [-0.4, -0.2) is 28.9 Å². The fourth-order valence-corrected chi connectivity index (χ4v) is 2.85. The van der Waals surface area contributed by atoms with E-state index in [2.05, 4.69) is 4.98 Å². The van der Waals surface area contributed by atoms with E-state index in [1.54, 1.807) is 30.3 Å². The summed E-state index contributed by atoms with van der Waals surface area (Å²) in [4.78, 5) is 31.1. The largest absolute Gasteiger partial charge is 0.451 e. The number of hydrogen-bond acceptors (Lipinski definition) is 4. The van der Waals surface area contributed by atoms with Gasteiger partial charge in [0, 0.05) is 37.5 Å². The third-order valence-corrected chi connectivity index (χ3v) is 4.77. The second kappa shape index (κ2) is 7.12. The summed E-state index contributed by atoms with van der Waals surface area (Å²) in [6, 6.07) is 10.5. The lowest BCUT2D eigenvalue weighted by molar-refractivity contribution is 0.0711. The maximum Gasteiger partial charge on any atom is 0.289 e. The number of nitrogens with zero attached hydrogens (tertiary/aromatic N) is 2. The number of carbonyl (C=O) groups excluding carboxylic acids is 1. The van der Waals surface area contributed by atoms with Crippen molar-refractivity contribution in [1.82, 2.24) is 9.88 Å². The summed E-state index contributed by atoms with van der Waals surface area (Å²) in [5.41, 5.74) is 3.18. The molecule has 1 atom stereocenters. The Morgan fingerprint density at radius 1 is 1.19 bits per heavy atom. The van der Waals surface area contributed by atoms with Crippen molar-refractivity contribution < 1.29 is 9.21 Å². The van der Waals surface area contributed by atoms with E-state index in [1.807, 2.05) is 39.0 Å². The Hall–Kier alpha value is -2.95. The topological polar surface area (TPSA) is 63.4 Å². The van der Waals surface area contributed by atoms with Crippen molar-refractivity contribution in [3.8, 4) is 0 Å². The van der Waals surface area contributed by atoms with Crippen LogP contribution in [0, 0.1) is 13.8 Å². The van der Waals surface area contributed by atoms with Crippen molar-refractivity contribution in [1.29, 1.82) is 0 Å². The van der Waals surface area contributed by atoms with Gasteiger partial charge in [0.15, 0.2) is 11.2 Å². The molecule has 5 nitrogen and oxygen atoms in total. The molecule has 26 heavy (non-hydrogen) atoms. The lowest BCUT2D eigenvalue weighted by atomic mass is 10.1. The van der Waals surface area contributed by atoms with Gasteiger partial charge in [-0.3, -0.25) is 14.6 Å². The number of pyridine rings is 1. The molecule has 0 saturated carbocycles. The second-order valence-electron chi connectivity index (χ2n) is 6.70. The standard InChI is InChI=1S/C21H22N2O3/c1-13-9-17-18(24)12-20(26-19(17)10-14(13)2)21(25)23(4)15(3)11-16-7-5-6-8-22-16/h5-10,12,15H,11H2,1-4H3/t15-/m1/s1. The molecule has 2 aromatic heterocycles. The van der Waals surface area contributed by atoms with Crippen molar-refractivity contribution in [2.45, 2.75) is 33.2 Å². The van der Waals surface area contributed by atoms with Crippen molar-refractivity contribution in [2.75, 3.05) is 7.05 Å². The van der Waals surface area contributed by atoms with Crippen LogP contribution in [0.2, 0.25) is 0 Å². The van der Waals surface area contributed by atoms with Crippen LogP contribution in [0.1, 0.15) is 34.3 Å². The van der Waals surface area contributed by atoms with Crippen LogP contribution in [0.5, 0.6) is 0 Å². The lowest BCUT2D eigenvalue weighted by Crippen LogP contribution is -2.37. The van der Waals surface area contributed by atoms with Crippen molar-refractivity contribution in [2.24, 2.45) is 0 Å². The molecule has 134 valence electrons. The van der Waals surface area contributed by atoms with Gasteiger partial charge >= 0.3 is 0 Å². The van der Waals surface area contributed by atoms with E-state index in [-0.39, 0.29) is 23.1 Å². The van der Waals surface area contributed by atoms with Gasteiger partial charge in [-0.15, -0.1) is 0 Å². The number of aryl methyl sites for hydroxylation is 2. The number of aromatic nitrogens is 1. The summed E-state index contributed by atoms with van der Waals surface area (Å²) < 4.78 is 5.75. The SMILES string of the molecule is Cc1cc2oc(C(=O)N(C)[C@H](C)Cc3ccccn3)cc(=O)c2cc1C. The molecule has 0 spiro atoms.